The number of benzene rings is 1. The SMILES string of the molecule is O=NC(=O)CC(c1ccnc(OCC2CCN(c3cc(O)ccc3C(=O)N(c3ccccn3)C3CCC3)CC2)c1)C1CC1. The van der Waals surface area contributed by atoms with E-state index in [0.717, 1.165) is 69.3 Å². The van der Waals surface area contributed by atoms with Crippen molar-refractivity contribution in [2.75, 3.05) is 29.5 Å². The number of nitroso groups, excluding NO2 is 1. The van der Waals surface area contributed by atoms with Crippen molar-refractivity contribution in [1.29, 1.82) is 0 Å². The molecule has 2 aliphatic carbocycles. The average molecular weight is 584 g/mol. The lowest BCUT2D eigenvalue weighted by atomic mass is 9.90. The third kappa shape index (κ3) is 6.68. The summed E-state index contributed by atoms with van der Waals surface area (Å²) in [4.78, 5) is 49.3. The Labute approximate surface area is 251 Å². The molecule has 3 aliphatic rings. The topological polar surface area (TPSA) is 125 Å². The van der Waals surface area contributed by atoms with Crippen molar-refractivity contribution in [3.05, 3.63) is 77.0 Å². The zero-order chi connectivity index (χ0) is 29.8. The molecule has 3 heterocycles. The molecule has 0 radical (unpaired) electrons. The number of aromatic hydroxyl groups is 1. The lowest BCUT2D eigenvalue weighted by Crippen LogP contribution is -2.45. The maximum absolute atomic E-state index is 14.0. The monoisotopic (exact) mass is 583 g/mol. The van der Waals surface area contributed by atoms with Gasteiger partial charge in [-0.05, 0) is 98.6 Å². The van der Waals surface area contributed by atoms with Gasteiger partial charge in [0.2, 0.25) is 5.88 Å². The van der Waals surface area contributed by atoms with Crippen molar-refractivity contribution < 1.29 is 19.4 Å². The number of aromatic nitrogens is 2. The Bertz CT molecular complexity index is 1450. The first-order chi connectivity index (χ1) is 21.0. The summed E-state index contributed by atoms with van der Waals surface area (Å²) >= 11 is 0. The van der Waals surface area contributed by atoms with Gasteiger partial charge >= 0.3 is 0 Å². The summed E-state index contributed by atoms with van der Waals surface area (Å²) in [5.41, 5.74) is 2.27. The Morgan fingerprint density at radius 2 is 1.81 bits per heavy atom. The molecule has 2 amide bonds. The molecule has 2 aromatic heterocycles. The van der Waals surface area contributed by atoms with Gasteiger partial charge in [-0.3, -0.25) is 14.5 Å². The second-order valence-electron chi connectivity index (χ2n) is 12.0. The summed E-state index contributed by atoms with van der Waals surface area (Å²) in [7, 11) is 0. The second-order valence-corrected chi connectivity index (χ2v) is 12.0. The van der Waals surface area contributed by atoms with E-state index in [2.05, 4.69) is 20.0 Å². The van der Waals surface area contributed by atoms with Gasteiger partial charge in [0.1, 0.15) is 11.6 Å². The number of piperidine rings is 1. The van der Waals surface area contributed by atoms with Crippen LogP contribution in [0.2, 0.25) is 0 Å². The smallest absolute Gasteiger partial charge is 0.286 e. The summed E-state index contributed by atoms with van der Waals surface area (Å²) in [6, 6.07) is 14.5. The molecule has 10 nitrogen and oxygen atoms in total. The number of rotatable bonds is 11. The number of hydrogen-bond acceptors (Lipinski definition) is 8. The first kappa shape index (κ1) is 28.8. The Morgan fingerprint density at radius 3 is 2.49 bits per heavy atom. The van der Waals surface area contributed by atoms with E-state index in [1.807, 2.05) is 35.2 Å². The van der Waals surface area contributed by atoms with Gasteiger partial charge in [-0.15, -0.1) is 4.91 Å². The number of carbonyl (C=O) groups excluding carboxylic acids is 2. The van der Waals surface area contributed by atoms with E-state index >= 15 is 0 Å². The van der Waals surface area contributed by atoms with Crippen LogP contribution in [0.5, 0.6) is 11.6 Å². The number of nitrogens with zero attached hydrogens (tertiary/aromatic N) is 5. The third-order valence-corrected chi connectivity index (χ3v) is 9.06. The third-order valence-electron chi connectivity index (χ3n) is 9.06. The van der Waals surface area contributed by atoms with Gasteiger partial charge in [-0.1, -0.05) is 6.07 Å². The normalized spacial score (nSPS) is 18.0. The Hall–Kier alpha value is -4.34. The van der Waals surface area contributed by atoms with E-state index < -0.39 is 5.91 Å². The van der Waals surface area contributed by atoms with Gasteiger partial charge in [0.05, 0.1) is 17.9 Å². The molecule has 1 aliphatic heterocycles. The van der Waals surface area contributed by atoms with Crippen molar-refractivity contribution in [2.45, 2.75) is 63.3 Å². The summed E-state index contributed by atoms with van der Waals surface area (Å²) in [5, 5.41) is 13.0. The lowest BCUT2D eigenvalue weighted by molar-refractivity contribution is -0.118. The number of phenols is 1. The summed E-state index contributed by atoms with van der Waals surface area (Å²) in [5.74, 6) is 1.25. The zero-order valence-electron chi connectivity index (χ0n) is 24.2. The van der Waals surface area contributed by atoms with Gasteiger partial charge in [0, 0.05) is 55.3 Å². The molecule has 0 spiro atoms. The number of amides is 2. The fraction of sp³-hybridized carbons (Fsp3) is 0.455. The number of hydrogen-bond donors (Lipinski definition) is 1. The van der Waals surface area contributed by atoms with Crippen LogP contribution in [-0.2, 0) is 4.79 Å². The molecule has 10 heteroatoms. The molecule has 224 valence electrons. The highest BCUT2D eigenvalue weighted by Gasteiger charge is 2.35. The van der Waals surface area contributed by atoms with Gasteiger partial charge in [0.25, 0.3) is 11.8 Å². The molecule has 2 saturated carbocycles. The van der Waals surface area contributed by atoms with E-state index in [0.29, 0.717) is 35.7 Å². The minimum Gasteiger partial charge on any atom is -0.508 e. The first-order valence-corrected chi connectivity index (χ1v) is 15.3. The van der Waals surface area contributed by atoms with Crippen molar-refractivity contribution in [3.8, 4) is 11.6 Å². The Kier molecular flexibility index (Phi) is 8.62. The van der Waals surface area contributed by atoms with Crippen LogP contribution in [0, 0.1) is 16.7 Å². The summed E-state index contributed by atoms with van der Waals surface area (Å²) < 4.78 is 6.11. The molecule has 0 bridgehead atoms. The van der Waals surface area contributed by atoms with Crippen LogP contribution in [-0.4, -0.2) is 52.6 Å². The van der Waals surface area contributed by atoms with E-state index in [-0.39, 0.29) is 30.0 Å². The molecule has 3 fully saturated rings. The van der Waals surface area contributed by atoms with Gasteiger partial charge in [-0.2, -0.15) is 0 Å². The number of pyridine rings is 2. The van der Waals surface area contributed by atoms with Gasteiger partial charge in [0.15, 0.2) is 0 Å². The van der Waals surface area contributed by atoms with Crippen LogP contribution in [0.3, 0.4) is 0 Å². The summed E-state index contributed by atoms with van der Waals surface area (Å²) in [6.45, 7) is 1.96. The highest BCUT2D eigenvalue weighted by atomic mass is 16.5. The van der Waals surface area contributed by atoms with Crippen LogP contribution in [0.1, 0.15) is 73.2 Å². The average Bonchev–Trinajstić information content (AvgIpc) is 3.86. The molecular formula is C33H37N5O5. The molecule has 1 aromatic carbocycles. The van der Waals surface area contributed by atoms with Gasteiger partial charge < -0.3 is 14.7 Å². The molecule has 1 unspecified atom stereocenters. The molecule has 3 aromatic rings. The molecule has 1 atom stereocenters. The Morgan fingerprint density at radius 1 is 1.00 bits per heavy atom. The fourth-order valence-electron chi connectivity index (χ4n) is 6.25. The van der Waals surface area contributed by atoms with Gasteiger partial charge in [-0.25, -0.2) is 9.97 Å². The molecule has 6 rings (SSSR count). The summed E-state index contributed by atoms with van der Waals surface area (Å²) in [6.07, 6.45) is 10.3. The Balaban J connectivity index is 1.10. The standard InChI is InChI=1S/C33H37N5O5/c39-26-9-10-27(33(41)38(25-4-3-5-25)30-6-1-2-14-34-30)29(19-26)37-16-12-22(13-17-37)21-43-32-18-24(11-15-35-32)28(23-7-8-23)20-31(40)36-42/h1-2,6,9-11,14-15,18-19,22-23,25,28,39H,3-5,7-8,12-13,16-17,20-21H2. The van der Waals surface area contributed by atoms with Crippen LogP contribution < -0.4 is 14.5 Å². The van der Waals surface area contributed by atoms with Crippen LogP contribution in [0.4, 0.5) is 11.5 Å². The van der Waals surface area contributed by atoms with Crippen molar-refractivity contribution in [1.82, 2.24) is 9.97 Å². The minimum absolute atomic E-state index is 0.0316. The quantitative estimate of drug-likeness (QED) is 0.279. The van der Waals surface area contributed by atoms with E-state index in [4.69, 9.17) is 4.74 Å². The fourth-order valence-corrected chi connectivity index (χ4v) is 6.25. The number of carbonyl (C=O) groups is 2. The van der Waals surface area contributed by atoms with Crippen LogP contribution in [0.15, 0.2) is 66.1 Å². The highest BCUT2D eigenvalue weighted by Crippen LogP contribution is 2.45. The lowest BCUT2D eigenvalue weighted by Gasteiger charge is -2.38. The maximum Gasteiger partial charge on any atom is 0.286 e. The van der Waals surface area contributed by atoms with Crippen LogP contribution in [0.25, 0.3) is 0 Å². The predicted octanol–water partition coefficient (Wildman–Crippen LogP) is 5.85. The molecule has 43 heavy (non-hydrogen) atoms. The zero-order valence-corrected chi connectivity index (χ0v) is 24.2. The number of ether oxygens (including phenoxy) is 1. The van der Waals surface area contributed by atoms with E-state index in [1.54, 1.807) is 30.6 Å². The largest absolute Gasteiger partial charge is 0.508 e. The predicted molar refractivity (Wildman–Crippen MR) is 162 cm³/mol. The molecule has 1 N–H and O–H groups in total. The second kappa shape index (κ2) is 12.9. The van der Waals surface area contributed by atoms with Crippen LogP contribution >= 0.6 is 0 Å². The van der Waals surface area contributed by atoms with E-state index in [1.165, 1.54) is 0 Å². The van der Waals surface area contributed by atoms with Crippen molar-refractivity contribution >= 4 is 23.3 Å². The molecular weight excluding hydrogens is 546 g/mol. The number of phenolic OH excluding ortho intramolecular Hbond substituents is 1. The number of anilines is 2. The minimum atomic E-state index is -0.619. The van der Waals surface area contributed by atoms with E-state index in [9.17, 15) is 19.6 Å². The first-order valence-electron chi connectivity index (χ1n) is 15.3. The maximum atomic E-state index is 14.0. The molecule has 1 saturated heterocycles. The van der Waals surface area contributed by atoms with Crippen molar-refractivity contribution in [2.24, 2.45) is 17.0 Å². The van der Waals surface area contributed by atoms with Crippen molar-refractivity contribution in [3.63, 3.8) is 0 Å². The highest BCUT2D eigenvalue weighted by molar-refractivity contribution is 6.10.